The summed E-state index contributed by atoms with van der Waals surface area (Å²) in [7, 11) is 1.57. The SMILES string of the molecule is CCC(C)CC(=O)NCCc1ccc(S(=O)(=O)Cl)cc1. The Morgan fingerprint density at radius 3 is 2.40 bits per heavy atom. The predicted octanol–water partition coefficient (Wildman–Crippen LogP) is 2.71. The number of hydrogen-bond donors (Lipinski definition) is 1. The van der Waals surface area contributed by atoms with E-state index in [1.165, 1.54) is 12.1 Å². The van der Waals surface area contributed by atoms with Crippen LogP contribution < -0.4 is 5.32 Å². The molecule has 0 fully saturated rings. The summed E-state index contributed by atoms with van der Waals surface area (Å²) in [5, 5.41) is 2.86. The molecule has 0 heterocycles. The van der Waals surface area contributed by atoms with Gasteiger partial charge in [-0.2, -0.15) is 0 Å². The number of carbonyl (C=O) groups is 1. The van der Waals surface area contributed by atoms with Crippen molar-refractivity contribution >= 4 is 25.6 Å². The Bertz CT molecular complexity index is 540. The lowest BCUT2D eigenvalue weighted by molar-refractivity contribution is -0.121. The molecule has 0 radical (unpaired) electrons. The molecule has 0 aliphatic heterocycles. The minimum absolute atomic E-state index is 0.0549. The lowest BCUT2D eigenvalue weighted by Gasteiger charge is -2.09. The molecule has 1 N–H and O–H groups in total. The molecule has 1 aromatic carbocycles. The highest BCUT2D eigenvalue weighted by atomic mass is 35.7. The molecular weight excluding hydrogens is 298 g/mol. The zero-order valence-corrected chi connectivity index (χ0v) is 13.3. The van der Waals surface area contributed by atoms with Gasteiger partial charge in [0.05, 0.1) is 4.90 Å². The van der Waals surface area contributed by atoms with Gasteiger partial charge in [-0.25, -0.2) is 8.42 Å². The molecule has 0 aliphatic rings. The van der Waals surface area contributed by atoms with E-state index < -0.39 is 9.05 Å². The molecule has 0 aromatic heterocycles. The summed E-state index contributed by atoms with van der Waals surface area (Å²) in [6, 6.07) is 6.35. The highest BCUT2D eigenvalue weighted by Crippen LogP contribution is 2.15. The van der Waals surface area contributed by atoms with Crippen LogP contribution in [-0.2, 0) is 20.3 Å². The van der Waals surface area contributed by atoms with Gasteiger partial charge in [-0.3, -0.25) is 4.79 Å². The Hall–Kier alpha value is -1.07. The van der Waals surface area contributed by atoms with Gasteiger partial charge in [-0.1, -0.05) is 32.4 Å². The van der Waals surface area contributed by atoms with Gasteiger partial charge in [0, 0.05) is 23.6 Å². The molecule has 112 valence electrons. The van der Waals surface area contributed by atoms with Crippen LogP contribution in [0, 0.1) is 5.92 Å². The van der Waals surface area contributed by atoms with Crippen molar-refractivity contribution in [1.82, 2.24) is 5.32 Å². The maximum Gasteiger partial charge on any atom is 0.261 e. The van der Waals surface area contributed by atoms with Crippen LogP contribution in [-0.4, -0.2) is 20.9 Å². The highest BCUT2D eigenvalue weighted by molar-refractivity contribution is 8.13. The lowest BCUT2D eigenvalue weighted by atomic mass is 10.1. The zero-order valence-electron chi connectivity index (χ0n) is 11.7. The maximum absolute atomic E-state index is 11.6. The van der Waals surface area contributed by atoms with E-state index in [0.717, 1.165) is 12.0 Å². The second kappa shape index (κ2) is 7.64. The predicted molar refractivity (Wildman–Crippen MR) is 80.3 cm³/mol. The van der Waals surface area contributed by atoms with Gasteiger partial charge < -0.3 is 5.32 Å². The molecule has 1 rings (SSSR count). The zero-order chi connectivity index (χ0) is 15.2. The smallest absolute Gasteiger partial charge is 0.261 e. The Kier molecular flexibility index (Phi) is 6.49. The van der Waals surface area contributed by atoms with Crippen LogP contribution in [0.25, 0.3) is 0 Å². The second-order valence-corrected chi connectivity index (χ2v) is 7.47. The van der Waals surface area contributed by atoms with Crippen molar-refractivity contribution < 1.29 is 13.2 Å². The summed E-state index contributed by atoms with van der Waals surface area (Å²) in [5.41, 5.74) is 0.956. The fourth-order valence-corrected chi connectivity index (χ4v) is 2.47. The first-order valence-corrected chi connectivity index (χ1v) is 8.94. The van der Waals surface area contributed by atoms with Gasteiger partial charge in [0.25, 0.3) is 9.05 Å². The minimum Gasteiger partial charge on any atom is -0.356 e. The molecule has 0 saturated heterocycles. The Labute approximate surface area is 124 Å². The standard InChI is InChI=1S/C14H20ClNO3S/c1-3-11(2)10-14(17)16-9-8-12-4-6-13(7-5-12)20(15,18)19/h4-7,11H,3,8-10H2,1-2H3,(H,16,17). The number of hydrogen-bond acceptors (Lipinski definition) is 3. The number of halogens is 1. The van der Waals surface area contributed by atoms with Gasteiger partial charge in [-0.15, -0.1) is 0 Å². The second-order valence-electron chi connectivity index (χ2n) is 4.90. The Morgan fingerprint density at radius 2 is 1.90 bits per heavy atom. The Balaban J connectivity index is 2.41. The topological polar surface area (TPSA) is 63.2 Å². The van der Waals surface area contributed by atoms with Crippen molar-refractivity contribution in [2.45, 2.75) is 38.0 Å². The number of amides is 1. The average Bonchev–Trinajstić information content (AvgIpc) is 2.38. The van der Waals surface area contributed by atoms with Crippen LogP contribution in [0.15, 0.2) is 29.2 Å². The first-order valence-electron chi connectivity index (χ1n) is 6.63. The van der Waals surface area contributed by atoms with Crippen LogP contribution in [0.1, 0.15) is 32.3 Å². The fraction of sp³-hybridized carbons (Fsp3) is 0.500. The largest absolute Gasteiger partial charge is 0.356 e. The molecule has 1 unspecified atom stereocenters. The maximum atomic E-state index is 11.6. The molecule has 1 atom stereocenters. The summed E-state index contributed by atoms with van der Waals surface area (Å²) in [4.78, 5) is 11.7. The highest BCUT2D eigenvalue weighted by Gasteiger charge is 2.09. The van der Waals surface area contributed by atoms with E-state index in [-0.39, 0.29) is 10.8 Å². The first kappa shape index (κ1) is 17.0. The number of nitrogens with one attached hydrogen (secondary N) is 1. The van der Waals surface area contributed by atoms with Crippen LogP contribution >= 0.6 is 10.7 Å². The molecule has 1 amide bonds. The normalized spacial score (nSPS) is 12.9. The van der Waals surface area contributed by atoms with E-state index in [2.05, 4.69) is 12.2 Å². The third-order valence-corrected chi connectivity index (χ3v) is 4.54. The van der Waals surface area contributed by atoms with Gasteiger partial charge in [0.15, 0.2) is 0 Å². The molecule has 0 aliphatic carbocycles. The number of carbonyl (C=O) groups excluding carboxylic acids is 1. The summed E-state index contributed by atoms with van der Waals surface area (Å²) in [5.74, 6) is 0.447. The fourth-order valence-electron chi connectivity index (χ4n) is 1.70. The van der Waals surface area contributed by atoms with Gasteiger partial charge in [0.2, 0.25) is 5.91 Å². The van der Waals surface area contributed by atoms with E-state index >= 15 is 0 Å². The molecule has 20 heavy (non-hydrogen) atoms. The van der Waals surface area contributed by atoms with Crippen LogP contribution in [0.2, 0.25) is 0 Å². The van der Waals surface area contributed by atoms with E-state index in [0.29, 0.717) is 25.3 Å². The minimum atomic E-state index is -3.67. The lowest BCUT2D eigenvalue weighted by Crippen LogP contribution is -2.26. The van der Waals surface area contributed by atoms with Crippen molar-refractivity contribution in [2.75, 3.05) is 6.54 Å². The average molecular weight is 318 g/mol. The first-order chi connectivity index (χ1) is 9.32. The number of benzene rings is 1. The third-order valence-electron chi connectivity index (χ3n) is 3.17. The van der Waals surface area contributed by atoms with Crippen molar-refractivity contribution in [3.8, 4) is 0 Å². The number of rotatable bonds is 7. The molecular formula is C14H20ClNO3S. The van der Waals surface area contributed by atoms with Crippen molar-refractivity contribution in [2.24, 2.45) is 5.92 Å². The molecule has 4 nitrogen and oxygen atoms in total. The van der Waals surface area contributed by atoms with E-state index in [1.54, 1.807) is 12.1 Å². The molecule has 1 aromatic rings. The van der Waals surface area contributed by atoms with E-state index in [4.69, 9.17) is 10.7 Å². The monoisotopic (exact) mass is 317 g/mol. The van der Waals surface area contributed by atoms with Crippen molar-refractivity contribution in [3.63, 3.8) is 0 Å². The molecule has 0 bridgehead atoms. The van der Waals surface area contributed by atoms with Crippen LogP contribution in [0.4, 0.5) is 0 Å². The van der Waals surface area contributed by atoms with Gasteiger partial charge in [-0.05, 0) is 30.0 Å². The summed E-state index contributed by atoms with van der Waals surface area (Å²) in [6.45, 7) is 4.65. The summed E-state index contributed by atoms with van der Waals surface area (Å²) < 4.78 is 22.2. The van der Waals surface area contributed by atoms with Gasteiger partial charge in [0.1, 0.15) is 0 Å². The molecule has 0 spiro atoms. The summed E-state index contributed by atoms with van der Waals surface area (Å²) in [6.07, 6.45) is 2.19. The van der Waals surface area contributed by atoms with E-state index in [1.807, 2.05) is 6.92 Å². The van der Waals surface area contributed by atoms with Crippen molar-refractivity contribution in [3.05, 3.63) is 29.8 Å². The molecule has 0 saturated carbocycles. The van der Waals surface area contributed by atoms with Crippen molar-refractivity contribution in [1.29, 1.82) is 0 Å². The molecule has 6 heteroatoms. The third kappa shape index (κ3) is 5.92. The quantitative estimate of drug-likeness (QED) is 0.786. The Morgan fingerprint density at radius 1 is 1.30 bits per heavy atom. The summed E-state index contributed by atoms with van der Waals surface area (Å²) >= 11 is 0. The van der Waals surface area contributed by atoms with Crippen LogP contribution in [0.3, 0.4) is 0 Å². The van der Waals surface area contributed by atoms with E-state index in [9.17, 15) is 13.2 Å². The van der Waals surface area contributed by atoms with Gasteiger partial charge >= 0.3 is 0 Å². The van der Waals surface area contributed by atoms with Crippen LogP contribution in [0.5, 0.6) is 0 Å².